The number of aromatic nitrogens is 4. The summed E-state index contributed by atoms with van der Waals surface area (Å²) in [6, 6.07) is 1.97. The van der Waals surface area contributed by atoms with Gasteiger partial charge < -0.3 is 5.32 Å². The van der Waals surface area contributed by atoms with Crippen LogP contribution in [0.5, 0.6) is 0 Å². The number of fused-ring (bicyclic) bond motifs is 1. The average Bonchev–Trinajstić information content (AvgIpc) is 2.54. The smallest absolute Gasteiger partial charge is 0.164 e. The maximum Gasteiger partial charge on any atom is 0.164 e. The summed E-state index contributed by atoms with van der Waals surface area (Å²) in [6.07, 6.45) is 0.986. The zero-order chi connectivity index (χ0) is 11.1. The minimum absolute atomic E-state index is 0.702. The fourth-order valence-electron chi connectivity index (χ4n) is 2.18. The fourth-order valence-corrected chi connectivity index (χ4v) is 2.18. The van der Waals surface area contributed by atoms with Crippen molar-refractivity contribution in [1.29, 1.82) is 0 Å². The van der Waals surface area contributed by atoms with E-state index >= 15 is 0 Å². The van der Waals surface area contributed by atoms with E-state index < -0.39 is 0 Å². The lowest BCUT2D eigenvalue weighted by molar-refractivity contribution is 0.340. The Labute approximate surface area is 93.9 Å². The summed E-state index contributed by atoms with van der Waals surface area (Å²) < 4.78 is 2.06. The van der Waals surface area contributed by atoms with Gasteiger partial charge in [-0.1, -0.05) is 0 Å². The molecule has 84 valence electrons. The molecule has 0 bridgehead atoms. The molecule has 5 heteroatoms. The first-order chi connectivity index (χ1) is 7.74. The summed E-state index contributed by atoms with van der Waals surface area (Å²) in [4.78, 5) is 4.45. The molecule has 0 amide bonds. The van der Waals surface area contributed by atoms with Crippen LogP contribution in [0.15, 0.2) is 6.07 Å². The third-order valence-corrected chi connectivity index (χ3v) is 3.09. The van der Waals surface area contributed by atoms with Crippen LogP contribution >= 0.6 is 0 Å². The van der Waals surface area contributed by atoms with Crippen LogP contribution in [-0.2, 0) is 6.42 Å². The largest absolute Gasteiger partial charge is 0.316 e. The van der Waals surface area contributed by atoms with Gasteiger partial charge in [0.15, 0.2) is 5.65 Å². The minimum Gasteiger partial charge on any atom is -0.316 e. The maximum atomic E-state index is 4.45. The molecule has 2 aromatic heterocycles. The van der Waals surface area contributed by atoms with Gasteiger partial charge >= 0.3 is 0 Å². The zero-order valence-electron chi connectivity index (χ0n) is 9.56. The molecule has 1 aliphatic heterocycles. The topological polar surface area (TPSA) is 55.1 Å². The van der Waals surface area contributed by atoms with E-state index in [9.17, 15) is 0 Å². The molecule has 0 spiro atoms. The van der Waals surface area contributed by atoms with Gasteiger partial charge in [-0.25, -0.2) is 4.98 Å². The second-order valence-corrected chi connectivity index (χ2v) is 4.48. The van der Waals surface area contributed by atoms with E-state index in [-0.39, 0.29) is 0 Å². The first kappa shape index (κ1) is 9.72. The summed E-state index contributed by atoms with van der Waals surface area (Å²) in [5.74, 6) is 2.71. The van der Waals surface area contributed by atoms with Gasteiger partial charge in [-0.05, 0) is 32.9 Å². The molecule has 1 N–H and O–H groups in total. The van der Waals surface area contributed by atoms with E-state index in [0.29, 0.717) is 5.92 Å². The summed E-state index contributed by atoms with van der Waals surface area (Å²) >= 11 is 0. The molecule has 1 aliphatic rings. The molecule has 0 radical (unpaired) electrons. The SMILES string of the molecule is Cc1cc2nnc(CC3CNC3)n2c(C)n1. The highest BCUT2D eigenvalue weighted by molar-refractivity contribution is 5.39. The van der Waals surface area contributed by atoms with Crippen LogP contribution in [0.2, 0.25) is 0 Å². The van der Waals surface area contributed by atoms with Crippen molar-refractivity contribution in [3.8, 4) is 0 Å². The van der Waals surface area contributed by atoms with Gasteiger partial charge in [0.1, 0.15) is 11.6 Å². The Morgan fingerprint density at radius 1 is 1.38 bits per heavy atom. The molecule has 16 heavy (non-hydrogen) atoms. The van der Waals surface area contributed by atoms with Crippen molar-refractivity contribution in [2.24, 2.45) is 5.92 Å². The third-order valence-electron chi connectivity index (χ3n) is 3.09. The lowest BCUT2D eigenvalue weighted by Gasteiger charge is -2.26. The first-order valence-electron chi connectivity index (χ1n) is 5.63. The lowest BCUT2D eigenvalue weighted by atomic mass is 9.99. The van der Waals surface area contributed by atoms with Crippen LogP contribution in [0.1, 0.15) is 17.3 Å². The monoisotopic (exact) mass is 217 g/mol. The van der Waals surface area contributed by atoms with Crippen molar-refractivity contribution in [3.05, 3.63) is 23.4 Å². The lowest BCUT2D eigenvalue weighted by Crippen LogP contribution is -2.43. The molecule has 3 rings (SSSR count). The van der Waals surface area contributed by atoms with Crippen molar-refractivity contribution in [2.45, 2.75) is 20.3 Å². The van der Waals surface area contributed by atoms with E-state index in [0.717, 1.165) is 42.5 Å². The number of hydrogen-bond acceptors (Lipinski definition) is 4. The predicted octanol–water partition coefficient (Wildman–Crippen LogP) is 0.503. The number of nitrogens with one attached hydrogen (secondary N) is 1. The van der Waals surface area contributed by atoms with Crippen LogP contribution in [0.3, 0.4) is 0 Å². The molecule has 0 saturated carbocycles. The minimum atomic E-state index is 0.702. The second kappa shape index (κ2) is 3.52. The molecule has 1 fully saturated rings. The van der Waals surface area contributed by atoms with Gasteiger partial charge in [-0.2, -0.15) is 0 Å². The third kappa shape index (κ3) is 1.48. The van der Waals surface area contributed by atoms with E-state index in [4.69, 9.17) is 0 Å². The highest BCUT2D eigenvalue weighted by Crippen LogP contribution is 2.14. The standard InChI is InChI=1S/C11H15N5/c1-7-3-10-14-15-11(4-9-5-12-6-9)16(10)8(2)13-7/h3,9,12H,4-6H2,1-2H3. The normalized spacial score (nSPS) is 16.6. The average molecular weight is 217 g/mol. The molecule has 0 aliphatic carbocycles. The molecule has 0 aromatic carbocycles. The zero-order valence-corrected chi connectivity index (χ0v) is 9.56. The Hall–Kier alpha value is -1.49. The van der Waals surface area contributed by atoms with Crippen LogP contribution in [-0.4, -0.2) is 32.7 Å². The Bertz CT molecular complexity index is 526. The maximum absolute atomic E-state index is 4.45. The van der Waals surface area contributed by atoms with Gasteiger partial charge in [0, 0.05) is 18.2 Å². The van der Waals surface area contributed by atoms with Crippen molar-refractivity contribution in [2.75, 3.05) is 13.1 Å². The van der Waals surface area contributed by atoms with Gasteiger partial charge in [0.25, 0.3) is 0 Å². The van der Waals surface area contributed by atoms with Crippen molar-refractivity contribution in [1.82, 2.24) is 24.9 Å². The van der Waals surface area contributed by atoms with Gasteiger partial charge in [-0.15, -0.1) is 10.2 Å². The quantitative estimate of drug-likeness (QED) is 0.796. The Balaban J connectivity index is 2.04. The van der Waals surface area contributed by atoms with Crippen LogP contribution in [0, 0.1) is 19.8 Å². The molecule has 2 aromatic rings. The van der Waals surface area contributed by atoms with Crippen molar-refractivity contribution >= 4 is 5.65 Å². The molecule has 0 atom stereocenters. The summed E-state index contributed by atoms with van der Waals surface area (Å²) in [5, 5.41) is 11.7. The van der Waals surface area contributed by atoms with E-state index in [1.165, 1.54) is 0 Å². The highest BCUT2D eigenvalue weighted by Gasteiger charge is 2.20. The van der Waals surface area contributed by atoms with Gasteiger partial charge in [0.2, 0.25) is 0 Å². The van der Waals surface area contributed by atoms with Crippen LogP contribution < -0.4 is 5.32 Å². The molecule has 5 nitrogen and oxygen atoms in total. The Kier molecular flexibility index (Phi) is 2.14. The molecule has 1 saturated heterocycles. The molecule has 0 unspecified atom stereocenters. The molecular weight excluding hydrogens is 202 g/mol. The van der Waals surface area contributed by atoms with E-state index in [1.54, 1.807) is 0 Å². The van der Waals surface area contributed by atoms with Crippen molar-refractivity contribution < 1.29 is 0 Å². The van der Waals surface area contributed by atoms with Crippen LogP contribution in [0.25, 0.3) is 5.65 Å². The summed E-state index contributed by atoms with van der Waals surface area (Å²) in [6.45, 7) is 6.17. The molecule has 3 heterocycles. The highest BCUT2D eigenvalue weighted by atomic mass is 15.3. The number of hydrogen-bond donors (Lipinski definition) is 1. The van der Waals surface area contributed by atoms with E-state index in [2.05, 4.69) is 24.9 Å². The van der Waals surface area contributed by atoms with Gasteiger partial charge in [-0.3, -0.25) is 4.40 Å². The number of aryl methyl sites for hydroxylation is 2. The Morgan fingerprint density at radius 2 is 2.19 bits per heavy atom. The predicted molar refractivity (Wildman–Crippen MR) is 60.3 cm³/mol. The molecular formula is C11H15N5. The second-order valence-electron chi connectivity index (χ2n) is 4.48. The summed E-state index contributed by atoms with van der Waals surface area (Å²) in [7, 11) is 0. The first-order valence-corrected chi connectivity index (χ1v) is 5.63. The van der Waals surface area contributed by atoms with Gasteiger partial charge in [0.05, 0.1) is 0 Å². The summed E-state index contributed by atoms with van der Waals surface area (Å²) in [5.41, 5.74) is 1.90. The van der Waals surface area contributed by atoms with Crippen molar-refractivity contribution in [3.63, 3.8) is 0 Å². The number of rotatable bonds is 2. The van der Waals surface area contributed by atoms with E-state index in [1.807, 2.05) is 19.9 Å². The number of nitrogens with zero attached hydrogens (tertiary/aromatic N) is 4. The van der Waals surface area contributed by atoms with Crippen LogP contribution in [0.4, 0.5) is 0 Å². The Morgan fingerprint density at radius 3 is 2.88 bits per heavy atom. The fraction of sp³-hybridized carbons (Fsp3) is 0.545.